The first-order valence-corrected chi connectivity index (χ1v) is 9.28. The normalized spacial score (nSPS) is 13.6. The molecular formula is C8H14O6S3. The second-order valence-electron chi connectivity index (χ2n) is 3.61. The number of hydrogen-bond acceptors (Lipinski definition) is 6. The van der Waals surface area contributed by atoms with E-state index in [2.05, 4.69) is 13.2 Å². The van der Waals surface area contributed by atoms with Gasteiger partial charge in [-0.2, -0.15) is 0 Å². The van der Waals surface area contributed by atoms with Crippen LogP contribution in [-0.4, -0.2) is 35.4 Å². The quantitative estimate of drug-likeness (QED) is 0.719. The molecule has 17 heavy (non-hydrogen) atoms. The minimum Gasteiger partial charge on any atom is -0.227 e. The Morgan fingerprint density at radius 2 is 1.06 bits per heavy atom. The van der Waals surface area contributed by atoms with Gasteiger partial charge >= 0.3 is 0 Å². The van der Waals surface area contributed by atoms with Crippen LogP contribution in [0.15, 0.2) is 23.0 Å². The molecule has 0 aromatic carbocycles. The van der Waals surface area contributed by atoms with Gasteiger partial charge in [-0.15, -0.1) is 0 Å². The SMILES string of the molecule is C=C(C)S(=O)(=O)C(S(C)(=O)=O)S(=O)(=O)C(=C)C. The topological polar surface area (TPSA) is 102 Å². The summed E-state index contributed by atoms with van der Waals surface area (Å²) in [5, 5.41) is 0. The summed E-state index contributed by atoms with van der Waals surface area (Å²) < 4.78 is 67.1. The summed E-state index contributed by atoms with van der Waals surface area (Å²) in [4.78, 5) is -1.06. The molecule has 0 aliphatic heterocycles. The van der Waals surface area contributed by atoms with E-state index in [9.17, 15) is 25.3 Å². The fraction of sp³-hybridized carbons (Fsp3) is 0.500. The van der Waals surface area contributed by atoms with E-state index in [4.69, 9.17) is 0 Å². The zero-order valence-corrected chi connectivity index (χ0v) is 12.1. The molecule has 0 aromatic rings. The molecule has 0 unspecified atom stereocenters. The molecule has 0 atom stereocenters. The van der Waals surface area contributed by atoms with Crippen LogP contribution in [0.3, 0.4) is 0 Å². The Bertz CT molecular complexity index is 604. The van der Waals surface area contributed by atoms with Gasteiger partial charge in [-0.1, -0.05) is 13.2 Å². The maximum atomic E-state index is 11.7. The van der Waals surface area contributed by atoms with Crippen molar-refractivity contribution in [1.29, 1.82) is 0 Å². The van der Waals surface area contributed by atoms with Crippen LogP contribution >= 0.6 is 0 Å². The summed E-state index contributed by atoms with van der Waals surface area (Å²) in [5.41, 5.74) is 0. The fourth-order valence-electron chi connectivity index (χ4n) is 0.956. The molecule has 0 saturated heterocycles. The Morgan fingerprint density at radius 1 is 0.824 bits per heavy atom. The van der Waals surface area contributed by atoms with Gasteiger partial charge in [0, 0.05) is 16.1 Å². The highest BCUT2D eigenvalue weighted by Gasteiger charge is 2.46. The van der Waals surface area contributed by atoms with Crippen molar-refractivity contribution in [2.75, 3.05) is 6.26 Å². The van der Waals surface area contributed by atoms with Crippen molar-refractivity contribution in [3.05, 3.63) is 23.0 Å². The van der Waals surface area contributed by atoms with Crippen molar-refractivity contribution in [3.63, 3.8) is 0 Å². The van der Waals surface area contributed by atoms with Crippen molar-refractivity contribution in [3.8, 4) is 0 Å². The standard InChI is InChI=1S/C8H14O6S3/c1-6(2)16(11,12)8(15(5,9)10)17(13,14)7(3)4/h8H,1,3H2,2,4-5H3. The Balaban J connectivity index is 6.42. The molecule has 0 aliphatic rings. The Hall–Kier alpha value is -0.670. The molecule has 0 heterocycles. The lowest BCUT2D eigenvalue weighted by Crippen LogP contribution is -2.37. The van der Waals surface area contributed by atoms with Gasteiger partial charge in [0.15, 0.2) is 9.84 Å². The molecule has 0 N–H and O–H groups in total. The highest BCUT2D eigenvalue weighted by Crippen LogP contribution is 2.25. The summed E-state index contributed by atoms with van der Waals surface area (Å²) in [6.07, 6.45) is 0.540. The third kappa shape index (κ3) is 3.17. The van der Waals surface area contributed by atoms with Gasteiger partial charge in [0.2, 0.25) is 19.7 Å². The van der Waals surface area contributed by atoms with Gasteiger partial charge < -0.3 is 0 Å². The van der Waals surface area contributed by atoms with Gasteiger partial charge in [-0.3, -0.25) is 0 Å². The molecule has 0 saturated carbocycles. The van der Waals surface area contributed by atoms with Crippen molar-refractivity contribution < 1.29 is 25.3 Å². The lowest BCUT2D eigenvalue weighted by atomic mass is 10.8. The van der Waals surface area contributed by atoms with Crippen LogP contribution < -0.4 is 0 Å². The summed E-state index contributed by atoms with van der Waals surface area (Å²) in [7, 11) is -13.4. The molecule has 0 radical (unpaired) electrons. The van der Waals surface area contributed by atoms with Crippen LogP contribution in [0.4, 0.5) is 0 Å². The molecule has 0 fully saturated rings. The highest BCUT2D eigenvalue weighted by molar-refractivity contribution is 8.26. The maximum Gasteiger partial charge on any atom is 0.270 e. The Morgan fingerprint density at radius 3 is 1.18 bits per heavy atom. The predicted molar refractivity (Wildman–Crippen MR) is 66.1 cm³/mol. The second-order valence-corrected chi connectivity index (χ2v) is 11.2. The first-order valence-electron chi connectivity index (χ1n) is 4.23. The lowest BCUT2D eigenvalue weighted by molar-refractivity contribution is 0.580. The van der Waals surface area contributed by atoms with E-state index in [0.29, 0.717) is 6.26 Å². The van der Waals surface area contributed by atoms with Crippen LogP contribution in [-0.2, 0) is 29.5 Å². The Kier molecular flexibility index (Phi) is 4.36. The van der Waals surface area contributed by atoms with Crippen LogP contribution in [0.5, 0.6) is 0 Å². The predicted octanol–water partition coefficient (Wildman–Crippen LogP) is 0.211. The van der Waals surface area contributed by atoms with Crippen LogP contribution in [0.2, 0.25) is 0 Å². The summed E-state index contributed by atoms with van der Waals surface area (Å²) in [6.45, 7) is 8.23. The molecule has 0 spiro atoms. The Labute approximate surface area is 102 Å². The zero-order chi connectivity index (χ0) is 14.2. The van der Waals surface area contributed by atoms with Gasteiger partial charge in [0.1, 0.15) is 0 Å². The summed E-state index contributed by atoms with van der Waals surface area (Å²) >= 11 is 0. The van der Waals surface area contributed by atoms with Crippen molar-refractivity contribution in [1.82, 2.24) is 0 Å². The molecule has 0 aromatic heterocycles. The van der Waals surface area contributed by atoms with Crippen molar-refractivity contribution >= 4 is 29.5 Å². The third-order valence-electron chi connectivity index (χ3n) is 1.83. The van der Waals surface area contributed by atoms with Gasteiger partial charge in [0.25, 0.3) is 3.91 Å². The lowest BCUT2D eigenvalue weighted by Gasteiger charge is -2.16. The molecule has 9 heteroatoms. The van der Waals surface area contributed by atoms with Gasteiger partial charge in [0.05, 0.1) is 0 Å². The van der Waals surface area contributed by atoms with E-state index in [1.807, 2.05) is 0 Å². The molecule has 100 valence electrons. The van der Waals surface area contributed by atoms with Crippen LogP contribution in [0.1, 0.15) is 13.8 Å². The second kappa shape index (κ2) is 4.54. The van der Waals surface area contributed by atoms with E-state index in [1.54, 1.807) is 0 Å². The highest BCUT2D eigenvalue weighted by atomic mass is 32.3. The number of rotatable bonds is 5. The monoisotopic (exact) mass is 302 g/mol. The largest absolute Gasteiger partial charge is 0.270 e. The first-order chi connectivity index (χ1) is 7.25. The van der Waals surface area contributed by atoms with Gasteiger partial charge in [-0.05, 0) is 13.8 Å². The van der Waals surface area contributed by atoms with E-state index in [1.165, 1.54) is 0 Å². The van der Waals surface area contributed by atoms with E-state index in [0.717, 1.165) is 13.8 Å². The zero-order valence-electron chi connectivity index (χ0n) is 9.67. The van der Waals surface area contributed by atoms with Crippen molar-refractivity contribution in [2.24, 2.45) is 0 Å². The number of allylic oxidation sites excluding steroid dienone is 2. The van der Waals surface area contributed by atoms with Crippen LogP contribution in [0, 0.1) is 0 Å². The van der Waals surface area contributed by atoms with E-state index < -0.39 is 43.2 Å². The molecule has 6 nitrogen and oxygen atoms in total. The summed E-state index contributed by atoms with van der Waals surface area (Å²) in [6, 6.07) is 0. The minimum atomic E-state index is -4.53. The first kappa shape index (κ1) is 16.3. The molecule has 0 bridgehead atoms. The summed E-state index contributed by atoms with van der Waals surface area (Å²) in [5.74, 6) is 0. The number of hydrogen-bond donors (Lipinski definition) is 0. The number of sulfone groups is 3. The average Bonchev–Trinajstić information content (AvgIpc) is 1.98. The molecule has 0 aliphatic carbocycles. The molecule has 0 rings (SSSR count). The molecule has 0 amide bonds. The van der Waals surface area contributed by atoms with Crippen molar-refractivity contribution in [2.45, 2.75) is 17.8 Å². The smallest absolute Gasteiger partial charge is 0.227 e. The van der Waals surface area contributed by atoms with E-state index in [-0.39, 0.29) is 0 Å². The third-order valence-corrected chi connectivity index (χ3v) is 10.6. The fourth-order valence-corrected chi connectivity index (χ4v) is 8.60. The molecular weight excluding hydrogens is 288 g/mol. The minimum absolute atomic E-state index is 0.530. The van der Waals surface area contributed by atoms with Crippen LogP contribution in [0.25, 0.3) is 0 Å². The van der Waals surface area contributed by atoms with Gasteiger partial charge in [-0.25, -0.2) is 25.3 Å². The average molecular weight is 302 g/mol. The maximum absolute atomic E-state index is 11.7. The van der Waals surface area contributed by atoms with E-state index >= 15 is 0 Å².